The summed E-state index contributed by atoms with van der Waals surface area (Å²) in [4.78, 5) is 11.8. The summed E-state index contributed by atoms with van der Waals surface area (Å²) >= 11 is 0. The first-order valence-corrected chi connectivity index (χ1v) is 7.07. The Bertz CT molecular complexity index is 500. The number of nitrogens with two attached hydrogens (primary N) is 1. The molecule has 0 saturated carbocycles. The van der Waals surface area contributed by atoms with E-state index in [0.717, 1.165) is 30.6 Å². The summed E-state index contributed by atoms with van der Waals surface area (Å²) in [5.41, 5.74) is 8.46. The third kappa shape index (κ3) is 2.40. The average molecular weight is 277 g/mol. The predicted molar refractivity (Wildman–Crippen MR) is 77.9 cm³/mol. The standard InChI is InChI=1S/C16H23NO3/c1-4-14(17)16(10-15(18)20-3)8-7-11-5-6-12(19-2)9-13(11)16/h5-6,9,14H,4,7-8,10,17H2,1-3H3. The van der Waals surface area contributed by atoms with Crippen molar-refractivity contribution in [1.29, 1.82) is 0 Å². The Morgan fingerprint density at radius 1 is 1.45 bits per heavy atom. The van der Waals surface area contributed by atoms with Crippen LogP contribution < -0.4 is 10.5 Å². The Morgan fingerprint density at radius 3 is 2.80 bits per heavy atom. The van der Waals surface area contributed by atoms with E-state index in [1.807, 2.05) is 12.1 Å². The quantitative estimate of drug-likeness (QED) is 0.838. The van der Waals surface area contributed by atoms with Crippen LogP contribution >= 0.6 is 0 Å². The summed E-state index contributed by atoms with van der Waals surface area (Å²) in [5, 5.41) is 0. The highest BCUT2D eigenvalue weighted by Gasteiger charge is 2.45. The van der Waals surface area contributed by atoms with Crippen LogP contribution in [-0.4, -0.2) is 26.2 Å². The van der Waals surface area contributed by atoms with Gasteiger partial charge in [0.15, 0.2) is 0 Å². The fraction of sp³-hybridized carbons (Fsp3) is 0.562. The molecule has 0 saturated heterocycles. The van der Waals surface area contributed by atoms with Crippen molar-refractivity contribution < 1.29 is 14.3 Å². The van der Waals surface area contributed by atoms with Crippen LogP contribution in [0.15, 0.2) is 18.2 Å². The highest BCUT2D eigenvalue weighted by Crippen LogP contribution is 2.45. The van der Waals surface area contributed by atoms with Gasteiger partial charge in [0.05, 0.1) is 20.6 Å². The maximum atomic E-state index is 11.8. The lowest BCUT2D eigenvalue weighted by Gasteiger charge is -2.35. The number of hydrogen-bond donors (Lipinski definition) is 1. The van der Waals surface area contributed by atoms with E-state index in [9.17, 15) is 4.79 Å². The molecule has 2 rings (SSSR count). The molecule has 110 valence electrons. The second-order valence-electron chi connectivity index (χ2n) is 5.45. The molecular formula is C16H23NO3. The third-order valence-corrected chi connectivity index (χ3v) is 4.53. The van der Waals surface area contributed by atoms with E-state index in [1.165, 1.54) is 12.7 Å². The molecule has 0 aromatic heterocycles. The number of benzene rings is 1. The van der Waals surface area contributed by atoms with Crippen LogP contribution in [0, 0.1) is 0 Å². The Kier molecular flexibility index (Phi) is 4.33. The molecule has 4 nitrogen and oxygen atoms in total. The molecule has 2 atom stereocenters. The minimum absolute atomic E-state index is 0.0602. The molecule has 0 radical (unpaired) electrons. The smallest absolute Gasteiger partial charge is 0.306 e. The van der Waals surface area contributed by atoms with Crippen LogP contribution in [-0.2, 0) is 21.4 Å². The van der Waals surface area contributed by atoms with Crippen molar-refractivity contribution in [1.82, 2.24) is 0 Å². The number of rotatable bonds is 5. The molecule has 0 heterocycles. The van der Waals surface area contributed by atoms with Crippen molar-refractivity contribution in [2.75, 3.05) is 14.2 Å². The monoisotopic (exact) mass is 277 g/mol. The first-order valence-electron chi connectivity index (χ1n) is 7.07. The highest BCUT2D eigenvalue weighted by molar-refractivity contribution is 5.72. The molecular weight excluding hydrogens is 254 g/mol. The Morgan fingerprint density at radius 2 is 2.20 bits per heavy atom. The van der Waals surface area contributed by atoms with Gasteiger partial charge in [-0.1, -0.05) is 13.0 Å². The molecule has 4 heteroatoms. The van der Waals surface area contributed by atoms with Crippen LogP contribution in [0.5, 0.6) is 5.75 Å². The van der Waals surface area contributed by atoms with E-state index in [0.29, 0.717) is 6.42 Å². The second-order valence-corrected chi connectivity index (χ2v) is 5.45. The summed E-state index contributed by atoms with van der Waals surface area (Å²) < 4.78 is 10.2. The minimum Gasteiger partial charge on any atom is -0.497 e. The SMILES string of the molecule is CCC(N)C1(CC(=O)OC)CCc2ccc(OC)cc21. The van der Waals surface area contributed by atoms with Crippen molar-refractivity contribution in [3.63, 3.8) is 0 Å². The molecule has 20 heavy (non-hydrogen) atoms. The van der Waals surface area contributed by atoms with Gasteiger partial charge in [0.2, 0.25) is 0 Å². The maximum Gasteiger partial charge on any atom is 0.306 e. The molecule has 0 bridgehead atoms. The van der Waals surface area contributed by atoms with Gasteiger partial charge in [0, 0.05) is 11.5 Å². The van der Waals surface area contributed by atoms with Crippen LogP contribution in [0.4, 0.5) is 0 Å². The zero-order valence-electron chi connectivity index (χ0n) is 12.4. The number of methoxy groups -OCH3 is 2. The second kappa shape index (κ2) is 5.83. The normalized spacial score (nSPS) is 22.2. The molecule has 1 aromatic rings. The number of ether oxygens (including phenoxy) is 2. The van der Waals surface area contributed by atoms with Crippen LogP contribution in [0.25, 0.3) is 0 Å². The zero-order chi connectivity index (χ0) is 14.8. The van der Waals surface area contributed by atoms with Crippen molar-refractivity contribution in [3.05, 3.63) is 29.3 Å². The summed E-state index contributed by atoms with van der Waals surface area (Å²) in [5.74, 6) is 0.604. The van der Waals surface area contributed by atoms with Gasteiger partial charge in [-0.3, -0.25) is 4.79 Å². The van der Waals surface area contributed by atoms with E-state index in [2.05, 4.69) is 13.0 Å². The first-order chi connectivity index (χ1) is 9.57. The highest BCUT2D eigenvalue weighted by atomic mass is 16.5. The number of esters is 1. The van der Waals surface area contributed by atoms with Gasteiger partial charge in [-0.2, -0.15) is 0 Å². The maximum absolute atomic E-state index is 11.8. The zero-order valence-corrected chi connectivity index (χ0v) is 12.4. The molecule has 2 N–H and O–H groups in total. The molecule has 0 spiro atoms. The average Bonchev–Trinajstić information content (AvgIpc) is 2.85. The lowest BCUT2D eigenvalue weighted by molar-refractivity contribution is -0.142. The number of fused-ring (bicyclic) bond motifs is 1. The van der Waals surface area contributed by atoms with Gasteiger partial charge in [0.25, 0.3) is 0 Å². The Balaban J connectivity index is 2.48. The number of carbonyl (C=O) groups is 1. The van der Waals surface area contributed by atoms with E-state index in [-0.39, 0.29) is 17.4 Å². The van der Waals surface area contributed by atoms with Crippen molar-refractivity contribution in [3.8, 4) is 5.75 Å². The summed E-state index contributed by atoms with van der Waals surface area (Å²) in [6.07, 6.45) is 3.00. The Hall–Kier alpha value is -1.55. The molecule has 0 fully saturated rings. The van der Waals surface area contributed by atoms with Crippen molar-refractivity contribution in [2.45, 2.75) is 44.1 Å². The van der Waals surface area contributed by atoms with Crippen LogP contribution in [0.3, 0.4) is 0 Å². The lowest BCUT2D eigenvalue weighted by Crippen LogP contribution is -2.45. The predicted octanol–water partition coefficient (Wildman–Crippen LogP) is 2.18. The fourth-order valence-corrected chi connectivity index (χ4v) is 3.28. The minimum atomic E-state index is -0.328. The molecule has 0 aliphatic heterocycles. The number of carbonyl (C=O) groups excluding carboxylic acids is 1. The first kappa shape index (κ1) is 14.9. The molecule has 1 aromatic carbocycles. The van der Waals surface area contributed by atoms with Gasteiger partial charge >= 0.3 is 5.97 Å². The third-order valence-electron chi connectivity index (χ3n) is 4.53. The summed E-state index contributed by atoms with van der Waals surface area (Å²) in [7, 11) is 3.08. The largest absolute Gasteiger partial charge is 0.497 e. The summed E-state index contributed by atoms with van der Waals surface area (Å²) in [6, 6.07) is 6.01. The van der Waals surface area contributed by atoms with Crippen molar-refractivity contribution in [2.24, 2.45) is 5.73 Å². The molecule has 2 unspecified atom stereocenters. The Labute approximate surface area is 120 Å². The van der Waals surface area contributed by atoms with Gasteiger partial charge in [-0.15, -0.1) is 0 Å². The van der Waals surface area contributed by atoms with Crippen LogP contribution in [0.1, 0.15) is 37.3 Å². The van der Waals surface area contributed by atoms with Gasteiger partial charge in [-0.05, 0) is 42.5 Å². The fourth-order valence-electron chi connectivity index (χ4n) is 3.28. The number of hydrogen-bond acceptors (Lipinski definition) is 4. The van der Waals surface area contributed by atoms with E-state index in [1.54, 1.807) is 7.11 Å². The van der Waals surface area contributed by atoms with Crippen molar-refractivity contribution >= 4 is 5.97 Å². The molecule has 1 aliphatic carbocycles. The molecule has 0 amide bonds. The number of aryl methyl sites for hydroxylation is 1. The van der Waals surface area contributed by atoms with Gasteiger partial charge in [0.1, 0.15) is 5.75 Å². The lowest BCUT2D eigenvalue weighted by atomic mass is 9.72. The topological polar surface area (TPSA) is 61.6 Å². The summed E-state index contributed by atoms with van der Waals surface area (Å²) in [6.45, 7) is 2.06. The van der Waals surface area contributed by atoms with E-state index in [4.69, 9.17) is 15.2 Å². The molecule has 1 aliphatic rings. The van der Waals surface area contributed by atoms with Gasteiger partial charge < -0.3 is 15.2 Å². The van der Waals surface area contributed by atoms with Crippen LogP contribution in [0.2, 0.25) is 0 Å². The van der Waals surface area contributed by atoms with Gasteiger partial charge in [-0.25, -0.2) is 0 Å². The van der Waals surface area contributed by atoms with E-state index >= 15 is 0 Å². The van der Waals surface area contributed by atoms with E-state index < -0.39 is 0 Å².